The van der Waals surface area contributed by atoms with Gasteiger partial charge in [0.1, 0.15) is 0 Å². The van der Waals surface area contributed by atoms with Gasteiger partial charge < -0.3 is 9.88 Å². The fourth-order valence-corrected chi connectivity index (χ4v) is 2.43. The van der Waals surface area contributed by atoms with E-state index in [9.17, 15) is 4.79 Å². The van der Waals surface area contributed by atoms with Crippen molar-refractivity contribution in [3.63, 3.8) is 0 Å². The number of rotatable bonds is 3. The van der Waals surface area contributed by atoms with Crippen molar-refractivity contribution in [2.24, 2.45) is 7.05 Å². The normalized spacial score (nSPS) is 10.4. The summed E-state index contributed by atoms with van der Waals surface area (Å²) in [4.78, 5) is 12.0. The molecule has 2 aromatic rings. The number of hydrogen-bond donors (Lipinski definition) is 1. The molecule has 1 N–H and O–H groups in total. The summed E-state index contributed by atoms with van der Waals surface area (Å²) >= 11 is 3.40. The third-order valence-electron chi connectivity index (χ3n) is 2.65. The van der Waals surface area contributed by atoms with Crippen LogP contribution >= 0.6 is 15.9 Å². The zero-order valence-electron chi connectivity index (χ0n) is 10.4. The first-order valence-electron chi connectivity index (χ1n) is 5.71. The van der Waals surface area contributed by atoms with Crippen molar-refractivity contribution in [3.8, 4) is 0 Å². The Labute approximate surface area is 115 Å². The van der Waals surface area contributed by atoms with E-state index in [1.165, 1.54) is 0 Å². The highest BCUT2D eigenvalue weighted by atomic mass is 79.9. The third-order valence-corrected chi connectivity index (χ3v) is 3.11. The Balaban J connectivity index is 2.03. The number of aryl methyl sites for hydroxylation is 2. The average Bonchev–Trinajstić information content (AvgIpc) is 2.70. The maximum atomic E-state index is 12.0. The lowest BCUT2D eigenvalue weighted by Crippen LogP contribution is -2.22. The van der Waals surface area contributed by atoms with Gasteiger partial charge in [0.25, 0.3) is 5.91 Å². The van der Waals surface area contributed by atoms with Crippen LogP contribution < -0.4 is 5.32 Å². The van der Waals surface area contributed by atoms with Crippen LogP contribution in [0.3, 0.4) is 0 Å². The molecule has 0 saturated carbocycles. The molecule has 0 atom stereocenters. The Hall–Kier alpha value is -1.55. The van der Waals surface area contributed by atoms with Crippen molar-refractivity contribution >= 4 is 21.8 Å². The molecule has 0 spiro atoms. The fourth-order valence-electron chi connectivity index (χ4n) is 1.82. The molecular weight excluding hydrogens is 292 g/mol. The van der Waals surface area contributed by atoms with Crippen LogP contribution in [-0.4, -0.2) is 10.5 Å². The van der Waals surface area contributed by atoms with Crippen LogP contribution in [-0.2, 0) is 13.6 Å². The molecule has 0 aliphatic rings. The van der Waals surface area contributed by atoms with Crippen molar-refractivity contribution in [2.75, 3.05) is 0 Å². The standard InChI is InChI=1S/C14H15BrN2O/c1-10-5-12(7-13(15)6-10)14(18)16-8-11-3-4-17(2)9-11/h3-7,9H,8H2,1-2H3,(H,16,18). The smallest absolute Gasteiger partial charge is 0.251 e. The van der Waals surface area contributed by atoms with Gasteiger partial charge in [-0.3, -0.25) is 4.79 Å². The Morgan fingerprint density at radius 3 is 2.78 bits per heavy atom. The minimum absolute atomic E-state index is 0.0525. The quantitative estimate of drug-likeness (QED) is 0.929. The minimum atomic E-state index is -0.0525. The van der Waals surface area contributed by atoms with E-state index in [1.54, 1.807) is 0 Å². The molecule has 4 heteroatoms. The summed E-state index contributed by atoms with van der Waals surface area (Å²) in [5, 5.41) is 2.91. The molecule has 1 aromatic heterocycles. The van der Waals surface area contributed by atoms with E-state index in [-0.39, 0.29) is 5.91 Å². The van der Waals surface area contributed by atoms with Crippen LogP contribution in [0.2, 0.25) is 0 Å². The Kier molecular flexibility index (Phi) is 3.87. The first-order valence-corrected chi connectivity index (χ1v) is 6.50. The molecule has 3 nitrogen and oxygen atoms in total. The van der Waals surface area contributed by atoms with E-state index < -0.39 is 0 Å². The summed E-state index contributed by atoms with van der Waals surface area (Å²) in [6.07, 6.45) is 3.96. The number of carbonyl (C=O) groups is 1. The zero-order valence-corrected chi connectivity index (χ0v) is 12.0. The largest absolute Gasteiger partial charge is 0.357 e. The molecule has 18 heavy (non-hydrogen) atoms. The van der Waals surface area contributed by atoms with E-state index >= 15 is 0 Å². The van der Waals surface area contributed by atoms with Gasteiger partial charge >= 0.3 is 0 Å². The van der Waals surface area contributed by atoms with Gasteiger partial charge in [-0.2, -0.15) is 0 Å². The predicted molar refractivity (Wildman–Crippen MR) is 75.5 cm³/mol. The minimum Gasteiger partial charge on any atom is -0.357 e. The Morgan fingerprint density at radius 2 is 2.17 bits per heavy atom. The predicted octanol–water partition coefficient (Wildman–Crippen LogP) is 3.03. The van der Waals surface area contributed by atoms with Crippen molar-refractivity contribution in [2.45, 2.75) is 13.5 Å². The first kappa shape index (κ1) is 12.9. The molecule has 0 aliphatic carbocycles. The van der Waals surface area contributed by atoms with Crippen LogP contribution in [0.5, 0.6) is 0 Å². The second kappa shape index (κ2) is 5.40. The van der Waals surface area contributed by atoms with Gasteiger partial charge in [0.15, 0.2) is 0 Å². The van der Waals surface area contributed by atoms with Crippen LogP contribution in [0.15, 0.2) is 41.1 Å². The molecule has 0 saturated heterocycles. The van der Waals surface area contributed by atoms with Gasteiger partial charge in [-0.05, 0) is 42.3 Å². The summed E-state index contributed by atoms with van der Waals surface area (Å²) in [5.41, 5.74) is 2.84. The molecule has 0 radical (unpaired) electrons. The number of nitrogens with zero attached hydrogens (tertiary/aromatic N) is 1. The maximum Gasteiger partial charge on any atom is 0.251 e. The van der Waals surface area contributed by atoms with Crippen molar-refractivity contribution < 1.29 is 4.79 Å². The van der Waals surface area contributed by atoms with Crippen LogP contribution in [0.4, 0.5) is 0 Å². The van der Waals surface area contributed by atoms with E-state index in [4.69, 9.17) is 0 Å². The zero-order chi connectivity index (χ0) is 13.1. The Morgan fingerprint density at radius 1 is 1.39 bits per heavy atom. The lowest BCUT2D eigenvalue weighted by molar-refractivity contribution is 0.0951. The van der Waals surface area contributed by atoms with Crippen molar-refractivity contribution in [1.82, 2.24) is 9.88 Å². The molecule has 0 fully saturated rings. The summed E-state index contributed by atoms with van der Waals surface area (Å²) in [6.45, 7) is 2.52. The lowest BCUT2D eigenvalue weighted by atomic mass is 10.1. The van der Waals surface area contributed by atoms with Gasteiger partial charge in [-0.1, -0.05) is 15.9 Å². The highest BCUT2D eigenvalue weighted by Gasteiger charge is 2.07. The first-order chi connectivity index (χ1) is 8.54. The molecular formula is C14H15BrN2O. The van der Waals surface area contributed by atoms with Crippen LogP contribution in [0.1, 0.15) is 21.5 Å². The maximum absolute atomic E-state index is 12.0. The molecule has 1 aromatic carbocycles. The second-order valence-corrected chi connectivity index (χ2v) is 5.30. The number of carbonyl (C=O) groups excluding carboxylic acids is 1. The van der Waals surface area contributed by atoms with E-state index in [0.29, 0.717) is 12.1 Å². The number of amides is 1. The molecule has 0 aliphatic heterocycles. The number of aromatic nitrogens is 1. The van der Waals surface area contributed by atoms with Gasteiger partial charge in [0, 0.05) is 36.0 Å². The third kappa shape index (κ3) is 3.23. The molecule has 1 amide bonds. The number of hydrogen-bond acceptors (Lipinski definition) is 1. The highest BCUT2D eigenvalue weighted by molar-refractivity contribution is 9.10. The van der Waals surface area contributed by atoms with Gasteiger partial charge in [0.2, 0.25) is 0 Å². The highest BCUT2D eigenvalue weighted by Crippen LogP contribution is 2.15. The summed E-state index contributed by atoms with van der Waals surface area (Å²) in [5.74, 6) is -0.0525. The molecule has 2 rings (SSSR count). The number of nitrogens with one attached hydrogen (secondary N) is 1. The van der Waals surface area contributed by atoms with Crippen molar-refractivity contribution in [1.29, 1.82) is 0 Å². The summed E-state index contributed by atoms with van der Waals surface area (Å²) < 4.78 is 2.89. The topological polar surface area (TPSA) is 34.0 Å². The molecule has 0 bridgehead atoms. The van der Waals surface area contributed by atoms with Gasteiger partial charge in [0.05, 0.1) is 0 Å². The second-order valence-electron chi connectivity index (χ2n) is 4.39. The van der Waals surface area contributed by atoms with E-state index in [0.717, 1.165) is 15.6 Å². The van der Waals surface area contributed by atoms with E-state index in [2.05, 4.69) is 21.2 Å². The average molecular weight is 307 g/mol. The molecule has 1 heterocycles. The van der Waals surface area contributed by atoms with Crippen LogP contribution in [0.25, 0.3) is 0 Å². The number of benzene rings is 1. The SMILES string of the molecule is Cc1cc(Br)cc(C(=O)NCc2ccn(C)c2)c1. The summed E-state index contributed by atoms with van der Waals surface area (Å²) in [6, 6.07) is 7.68. The lowest BCUT2D eigenvalue weighted by Gasteiger charge is -2.05. The van der Waals surface area contributed by atoms with E-state index in [1.807, 2.05) is 55.2 Å². The summed E-state index contributed by atoms with van der Waals surface area (Å²) in [7, 11) is 1.96. The monoisotopic (exact) mass is 306 g/mol. The van der Waals surface area contributed by atoms with Gasteiger partial charge in [-0.15, -0.1) is 0 Å². The Bertz CT molecular complexity index is 555. The molecule has 94 valence electrons. The van der Waals surface area contributed by atoms with Gasteiger partial charge in [-0.25, -0.2) is 0 Å². The number of halogens is 1. The fraction of sp³-hybridized carbons (Fsp3) is 0.214. The van der Waals surface area contributed by atoms with Crippen LogP contribution in [0, 0.1) is 6.92 Å². The molecule has 0 unspecified atom stereocenters. The van der Waals surface area contributed by atoms with Crippen molar-refractivity contribution in [3.05, 3.63) is 57.8 Å².